The molecule has 2 aromatic rings. The summed E-state index contributed by atoms with van der Waals surface area (Å²) in [6.45, 7) is 5.90. The van der Waals surface area contributed by atoms with Gasteiger partial charge in [0.2, 0.25) is 0 Å². The quantitative estimate of drug-likeness (QED) is 0.913. The van der Waals surface area contributed by atoms with Crippen LogP contribution in [0.5, 0.6) is 11.5 Å². The zero-order chi connectivity index (χ0) is 14.5. The molecule has 0 aliphatic rings. The molecular weight excluding hydrogens is 250 g/mol. The van der Waals surface area contributed by atoms with Crippen LogP contribution >= 0.6 is 0 Å². The van der Waals surface area contributed by atoms with Crippen molar-refractivity contribution in [1.29, 1.82) is 0 Å². The normalized spacial score (nSPS) is 10.4. The van der Waals surface area contributed by atoms with E-state index in [1.807, 2.05) is 45.0 Å². The first kappa shape index (κ1) is 14.1. The minimum absolute atomic E-state index is 0.0675. The maximum atomic E-state index is 11.8. The van der Waals surface area contributed by atoms with Gasteiger partial charge in [0.05, 0.1) is 0 Å². The van der Waals surface area contributed by atoms with Gasteiger partial charge in [0.15, 0.2) is 0 Å². The van der Waals surface area contributed by atoms with Crippen LogP contribution in [0.4, 0.5) is 0 Å². The van der Waals surface area contributed by atoms with E-state index in [0.29, 0.717) is 5.56 Å². The zero-order valence-electron chi connectivity index (χ0n) is 12.0. The number of benzene rings is 2. The van der Waals surface area contributed by atoms with E-state index in [0.717, 1.165) is 17.1 Å². The Balaban J connectivity index is 2.07. The Morgan fingerprint density at radius 3 is 2.35 bits per heavy atom. The van der Waals surface area contributed by atoms with E-state index < -0.39 is 0 Å². The fourth-order valence-electron chi connectivity index (χ4n) is 1.83. The van der Waals surface area contributed by atoms with E-state index in [9.17, 15) is 4.79 Å². The molecule has 0 fully saturated rings. The summed E-state index contributed by atoms with van der Waals surface area (Å²) in [4.78, 5) is 11.8. The number of hydrogen-bond donors (Lipinski definition) is 1. The topological polar surface area (TPSA) is 38.3 Å². The molecule has 0 aliphatic carbocycles. The molecule has 1 N–H and O–H groups in total. The predicted octanol–water partition coefficient (Wildman–Crippen LogP) is 3.93. The van der Waals surface area contributed by atoms with Gasteiger partial charge >= 0.3 is 0 Å². The Morgan fingerprint density at radius 2 is 1.75 bits per heavy atom. The van der Waals surface area contributed by atoms with Crippen molar-refractivity contribution < 1.29 is 9.53 Å². The van der Waals surface area contributed by atoms with E-state index in [1.54, 1.807) is 24.3 Å². The molecule has 0 saturated carbocycles. The fraction of sp³-hybridized carbons (Fsp3) is 0.235. The van der Waals surface area contributed by atoms with Gasteiger partial charge in [0, 0.05) is 11.6 Å². The van der Waals surface area contributed by atoms with Crippen LogP contribution in [-0.4, -0.2) is 11.9 Å². The number of aryl methyl sites for hydroxylation is 1. The van der Waals surface area contributed by atoms with Gasteiger partial charge in [-0.1, -0.05) is 12.1 Å². The smallest absolute Gasteiger partial charge is 0.251 e. The largest absolute Gasteiger partial charge is 0.457 e. The predicted molar refractivity (Wildman–Crippen MR) is 80.3 cm³/mol. The third-order valence-electron chi connectivity index (χ3n) is 2.76. The average Bonchev–Trinajstić information content (AvgIpc) is 2.38. The zero-order valence-corrected chi connectivity index (χ0v) is 12.0. The van der Waals surface area contributed by atoms with Crippen LogP contribution in [0.3, 0.4) is 0 Å². The maximum absolute atomic E-state index is 11.8. The molecule has 0 aromatic heterocycles. The lowest BCUT2D eigenvalue weighted by Crippen LogP contribution is -2.29. The summed E-state index contributed by atoms with van der Waals surface area (Å²) < 4.78 is 5.74. The Labute approximate surface area is 119 Å². The van der Waals surface area contributed by atoms with Crippen molar-refractivity contribution in [2.75, 3.05) is 0 Å². The minimum atomic E-state index is -0.0675. The van der Waals surface area contributed by atoms with Gasteiger partial charge in [-0.3, -0.25) is 4.79 Å². The van der Waals surface area contributed by atoms with E-state index in [2.05, 4.69) is 5.32 Å². The Kier molecular flexibility index (Phi) is 4.41. The SMILES string of the molecule is Cc1cccc(Oc2ccc(C(=O)NC(C)C)cc2)c1. The monoisotopic (exact) mass is 269 g/mol. The fourth-order valence-corrected chi connectivity index (χ4v) is 1.83. The first-order valence-electron chi connectivity index (χ1n) is 6.70. The highest BCUT2D eigenvalue weighted by atomic mass is 16.5. The summed E-state index contributed by atoms with van der Waals surface area (Å²) in [5, 5.41) is 2.86. The van der Waals surface area contributed by atoms with Crippen LogP contribution in [0.25, 0.3) is 0 Å². The van der Waals surface area contributed by atoms with Crippen molar-refractivity contribution in [3.05, 3.63) is 59.7 Å². The van der Waals surface area contributed by atoms with Crippen molar-refractivity contribution in [3.8, 4) is 11.5 Å². The van der Waals surface area contributed by atoms with Crippen LogP contribution in [0.2, 0.25) is 0 Å². The van der Waals surface area contributed by atoms with E-state index >= 15 is 0 Å². The first-order valence-corrected chi connectivity index (χ1v) is 6.70. The summed E-state index contributed by atoms with van der Waals surface area (Å²) in [5.41, 5.74) is 1.78. The maximum Gasteiger partial charge on any atom is 0.251 e. The molecule has 20 heavy (non-hydrogen) atoms. The van der Waals surface area contributed by atoms with E-state index in [4.69, 9.17) is 4.74 Å². The Hall–Kier alpha value is -2.29. The van der Waals surface area contributed by atoms with Crippen molar-refractivity contribution in [2.24, 2.45) is 0 Å². The highest BCUT2D eigenvalue weighted by Gasteiger charge is 2.07. The highest BCUT2D eigenvalue weighted by Crippen LogP contribution is 2.22. The first-order chi connectivity index (χ1) is 9.54. The molecule has 0 unspecified atom stereocenters. The molecule has 0 saturated heterocycles. The molecule has 2 aromatic carbocycles. The molecule has 0 atom stereocenters. The second kappa shape index (κ2) is 6.24. The standard InChI is InChI=1S/C17H19NO2/c1-12(2)18-17(19)14-7-9-15(10-8-14)20-16-6-4-5-13(3)11-16/h4-12H,1-3H3,(H,18,19). The molecule has 3 heteroatoms. The number of carbonyl (C=O) groups is 1. The molecule has 0 spiro atoms. The van der Waals surface area contributed by atoms with Gasteiger partial charge in [-0.25, -0.2) is 0 Å². The van der Waals surface area contributed by atoms with Crippen LogP contribution in [0.1, 0.15) is 29.8 Å². The minimum Gasteiger partial charge on any atom is -0.457 e. The van der Waals surface area contributed by atoms with Crippen molar-refractivity contribution in [1.82, 2.24) is 5.32 Å². The van der Waals surface area contributed by atoms with Crippen molar-refractivity contribution in [2.45, 2.75) is 26.8 Å². The van der Waals surface area contributed by atoms with Crippen LogP contribution in [0.15, 0.2) is 48.5 Å². The number of nitrogens with one attached hydrogen (secondary N) is 1. The summed E-state index contributed by atoms with van der Waals surface area (Å²) in [5.74, 6) is 1.45. The third-order valence-corrected chi connectivity index (χ3v) is 2.76. The summed E-state index contributed by atoms with van der Waals surface area (Å²) in [6.07, 6.45) is 0. The number of carbonyl (C=O) groups excluding carboxylic acids is 1. The van der Waals surface area contributed by atoms with Crippen LogP contribution in [0, 0.1) is 6.92 Å². The van der Waals surface area contributed by atoms with Gasteiger partial charge in [-0.15, -0.1) is 0 Å². The lowest BCUT2D eigenvalue weighted by atomic mass is 10.2. The summed E-state index contributed by atoms with van der Waals surface area (Å²) in [6, 6.07) is 15.1. The number of amides is 1. The molecule has 0 radical (unpaired) electrons. The van der Waals surface area contributed by atoms with E-state index in [1.165, 1.54) is 0 Å². The van der Waals surface area contributed by atoms with Crippen molar-refractivity contribution in [3.63, 3.8) is 0 Å². The molecule has 3 nitrogen and oxygen atoms in total. The third kappa shape index (κ3) is 3.85. The molecule has 1 amide bonds. The van der Waals surface area contributed by atoms with Gasteiger partial charge < -0.3 is 10.1 Å². The van der Waals surface area contributed by atoms with Gasteiger partial charge in [-0.05, 0) is 62.7 Å². The molecule has 0 bridgehead atoms. The highest BCUT2D eigenvalue weighted by molar-refractivity contribution is 5.94. The lowest BCUT2D eigenvalue weighted by molar-refractivity contribution is 0.0943. The second-order valence-corrected chi connectivity index (χ2v) is 5.07. The molecular formula is C17H19NO2. The van der Waals surface area contributed by atoms with Crippen LogP contribution < -0.4 is 10.1 Å². The summed E-state index contributed by atoms with van der Waals surface area (Å²) in [7, 11) is 0. The number of hydrogen-bond acceptors (Lipinski definition) is 2. The van der Waals surface area contributed by atoms with Gasteiger partial charge in [0.1, 0.15) is 11.5 Å². The van der Waals surface area contributed by atoms with E-state index in [-0.39, 0.29) is 11.9 Å². The van der Waals surface area contributed by atoms with Gasteiger partial charge in [-0.2, -0.15) is 0 Å². The Bertz CT molecular complexity index is 588. The number of ether oxygens (including phenoxy) is 1. The summed E-state index contributed by atoms with van der Waals surface area (Å²) >= 11 is 0. The molecule has 0 aliphatic heterocycles. The van der Waals surface area contributed by atoms with Crippen molar-refractivity contribution >= 4 is 5.91 Å². The molecule has 104 valence electrons. The van der Waals surface area contributed by atoms with Gasteiger partial charge in [0.25, 0.3) is 5.91 Å². The molecule has 2 rings (SSSR count). The number of rotatable bonds is 4. The average molecular weight is 269 g/mol. The van der Waals surface area contributed by atoms with Crippen LogP contribution in [-0.2, 0) is 0 Å². The second-order valence-electron chi connectivity index (χ2n) is 5.07. The molecule has 0 heterocycles. The Morgan fingerprint density at radius 1 is 1.05 bits per heavy atom. The lowest BCUT2D eigenvalue weighted by Gasteiger charge is -2.09.